The smallest absolute Gasteiger partial charge is 0.240 e. The van der Waals surface area contributed by atoms with Crippen molar-refractivity contribution in [3.05, 3.63) is 29.3 Å². The normalized spacial score (nSPS) is 18.6. The van der Waals surface area contributed by atoms with E-state index in [1.54, 1.807) is 4.90 Å². The molecular formula is C28H40N8O3S. The Morgan fingerprint density at radius 2 is 1.93 bits per heavy atom. The van der Waals surface area contributed by atoms with Gasteiger partial charge in [-0.05, 0) is 69.9 Å². The van der Waals surface area contributed by atoms with Gasteiger partial charge < -0.3 is 26.6 Å². The molecule has 2 amide bonds. The summed E-state index contributed by atoms with van der Waals surface area (Å²) in [5.41, 5.74) is 11.6. The SMILES string of the molecule is CC(=N)N1CCC(CCC2CCN(CC(=O)N[C@@H](CCCN=C(N)N)C(=O)c3nc4ccccc4s3)C2=O)CC1. The van der Waals surface area contributed by atoms with Gasteiger partial charge in [-0.1, -0.05) is 12.1 Å². The molecule has 2 aliphatic rings. The van der Waals surface area contributed by atoms with Crippen LogP contribution in [0.15, 0.2) is 29.3 Å². The van der Waals surface area contributed by atoms with E-state index in [-0.39, 0.29) is 36.0 Å². The number of rotatable bonds is 12. The molecule has 0 radical (unpaired) electrons. The van der Waals surface area contributed by atoms with Gasteiger partial charge in [0.1, 0.15) is 0 Å². The number of ketones is 1. The number of hydrogen-bond acceptors (Lipinski definition) is 7. The Balaban J connectivity index is 1.30. The number of amides is 2. The number of carbonyl (C=O) groups excluding carboxylic acids is 3. The predicted molar refractivity (Wildman–Crippen MR) is 157 cm³/mol. The molecule has 1 aromatic heterocycles. The van der Waals surface area contributed by atoms with E-state index < -0.39 is 6.04 Å². The fraction of sp³-hybridized carbons (Fsp3) is 0.571. The van der Waals surface area contributed by atoms with Gasteiger partial charge in [0.15, 0.2) is 11.0 Å². The molecule has 2 aromatic rings. The molecule has 2 fully saturated rings. The van der Waals surface area contributed by atoms with Crippen LogP contribution in [0.1, 0.15) is 61.7 Å². The van der Waals surface area contributed by atoms with Crippen molar-refractivity contribution in [2.45, 2.75) is 57.9 Å². The third-order valence-electron chi connectivity index (χ3n) is 7.86. The summed E-state index contributed by atoms with van der Waals surface area (Å²) in [7, 11) is 0. The number of hydrogen-bond donors (Lipinski definition) is 4. The average molecular weight is 569 g/mol. The topological polar surface area (TPSA) is 171 Å². The van der Waals surface area contributed by atoms with Crippen LogP contribution in [0.4, 0.5) is 0 Å². The number of thiazole rings is 1. The van der Waals surface area contributed by atoms with E-state index in [0.717, 1.165) is 55.4 Å². The highest BCUT2D eigenvalue weighted by Gasteiger charge is 2.34. The lowest BCUT2D eigenvalue weighted by Gasteiger charge is -2.33. The monoisotopic (exact) mass is 568 g/mol. The van der Waals surface area contributed by atoms with E-state index >= 15 is 0 Å². The molecule has 3 heterocycles. The largest absolute Gasteiger partial charge is 0.370 e. The van der Waals surface area contributed by atoms with Crippen LogP contribution in [-0.4, -0.2) is 82.9 Å². The second kappa shape index (κ2) is 13.7. The lowest BCUT2D eigenvalue weighted by Crippen LogP contribution is -2.46. The second-order valence-electron chi connectivity index (χ2n) is 10.8. The van der Waals surface area contributed by atoms with E-state index in [0.29, 0.717) is 42.7 Å². The first-order valence-electron chi connectivity index (χ1n) is 14.0. The van der Waals surface area contributed by atoms with Crippen LogP contribution >= 0.6 is 11.3 Å². The molecule has 0 spiro atoms. The highest BCUT2D eigenvalue weighted by molar-refractivity contribution is 7.20. The van der Waals surface area contributed by atoms with Crippen LogP contribution in [0.3, 0.4) is 0 Å². The highest BCUT2D eigenvalue weighted by Crippen LogP contribution is 2.29. The third-order valence-corrected chi connectivity index (χ3v) is 8.91. The molecule has 2 saturated heterocycles. The van der Waals surface area contributed by atoms with Crippen molar-refractivity contribution in [2.75, 3.05) is 32.7 Å². The zero-order valence-electron chi connectivity index (χ0n) is 23.1. The van der Waals surface area contributed by atoms with E-state index in [9.17, 15) is 14.4 Å². The summed E-state index contributed by atoms with van der Waals surface area (Å²) in [5.74, 6) is 0.524. The van der Waals surface area contributed by atoms with Crippen molar-refractivity contribution < 1.29 is 14.4 Å². The molecule has 12 heteroatoms. The van der Waals surface area contributed by atoms with E-state index in [1.165, 1.54) is 11.3 Å². The van der Waals surface area contributed by atoms with Gasteiger partial charge >= 0.3 is 0 Å². The van der Waals surface area contributed by atoms with Gasteiger partial charge in [-0.3, -0.25) is 24.8 Å². The Labute approximate surface area is 238 Å². The molecule has 0 bridgehead atoms. The number of Topliss-reactive ketones (excluding diaryl/α,β-unsaturated/α-hetero) is 1. The molecule has 0 saturated carbocycles. The number of aliphatic imine (C=N–C) groups is 1. The van der Waals surface area contributed by atoms with Crippen LogP contribution in [-0.2, 0) is 9.59 Å². The number of guanidine groups is 1. The summed E-state index contributed by atoms with van der Waals surface area (Å²) in [6.07, 6.45) is 5.53. The van der Waals surface area contributed by atoms with Gasteiger partial charge in [0.2, 0.25) is 17.6 Å². The summed E-state index contributed by atoms with van der Waals surface area (Å²) in [5, 5.41) is 11.0. The lowest BCUT2D eigenvalue weighted by molar-refractivity contribution is -0.135. The average Bonchev–Trinajstić information content (AvgIpc) is 3.52. The molecule has 11 nitrogen and oxygen atoms in total. The Kier molecular flexibility index (Phi) is 10.1. The third kappa shape index (κ3) is 7.77. The van der Waals surface area contributed by atoms with Crippen LogP contribution < -0.4 is 16.8 Å². The number of nitrogens with one attached hydrogen (secondary N) is 2. The van der Waals surface area contributed by atoms with Crippen molar-refractivity contribution in [3.63, 3.8) is 0 Å². The van der Waals surface area contributed by atoms with Gasteiger partial charge in [0.25, 0.3) is 0 Å². The predicted octanol–water partition coefficient (Wildman–Crippen LogP) is 2.36. The second-order valence-corrected chi connectivity index (χ2v) is 11.8. The van der Waals surface area contributed by atoms with Crippen molar-refractivity contribution >= 4 is 50.9 Å². The lowest BCUT2D eigenvalue weighted by atomic mass is 9.88. The number of piperidine rings is 1. The quantitative estimate of drug-likeness (QED) is 0.132. The number of para-hydroxylation sites is 1. The number of nitrogens with two attached hydrogens (primary N) is 2. The summed E-state index contributed by atoms with van der Waals surface area (Å²) in [6.45, 7) is 4.47. The van der Waals surface area contributed by atoms with E-state index in [1.807, 2.05) is 31.2 Å². The van der Waals surface area contributed by atoms with Gasteiger partial charge in [-0.2, -0.15) is 0 Å². The Bertz CT molecular complexity index is 1220. The van der Waals surface area contributed by atoms with Gasteiger partial charge in [0.05, 0.1) is 28.6 Å². The minimum Gasteiger partial charge on any atom is -0.370 e. The van der Waals surface area contributed by atoms with Gasteiger partial charge in [-0.15, -0.1) is 11.3 Å². The fourth-order valence-corrected chi connectivity index (χ4v) is 6.49. The number of nitrogens with zero attached hydrogens (tertiary/aromatic N) is 4. The zero-order chi connectivity index (χ0) is 28.6. The Morgan fingerprint density at radius 3 is 2.62 bits per heavy atom. The number of benzene rings is 1. The number of likely N-dealkylation sites (tertiary alicyclic amines) is 2. The first-order chi connectivity index (χ1) is 19.2. The van der Waals surface area contributed by atoms with Crippen LogP contribution in [0.25, 0.3) is 10.2 Å². The van der Waals surface area contributed by atoms with E-state index in [4.69, 9.17) is 16.9 Å². The molecule has 2 atom stereocenters. The van der Waals surface area contributed by atoms with E-state index in [2.05, 4.69) is 20.2 Å². The standard InChI is InChI=1S/C28H40N8O3S/c1-18(29)35-14-10-19(11-15-35)8-9-20-12-16-36(27(20)39)17-24(37)33-22(6-4-13-32-28(30)31)25(38)26-34-21-5-2-3-7-23(21)40-26/h2-3,5,7,19-20,22,29H,4,6,8-17H2,1H3,(H,33,37)(H4,30,31,32)/t20?,22-/m0/s1. The first kappa shape index (κ1) is 29.4. The number of carbonyl (C=O) groups is 3. The molecule has 1 aromatic carbocycles. The zero-order valence-corrected chi connectivity index (χ0v) is 23.9. The Hall–Kier alpha value is -3.54. The van der Waals surface area contributed by atoms with Crippen molar-refractivity contribution in [2.24, 2.45) is 28.3 Å². The van der Waals surface area contributed by atoms with Crippen LogP contribution in [0, 0.1) is 17.2 Å². The highest BCUT2D eigenvalue weighted by atomic mass is 32.1. The maximum atomic E-state index is 13.4. The molecule has 40 heavy (non-hydrogen) atoms. The number of fused-ring (bicyclic) bond motifs is 1. The molecular weight excluding hydrogens is 528 g/mol. The fourth-order valence-electron chi connectivity index (χ4n) is 5.53. The maximum absolute atomic E-state index is 13.4. The van der Waals surface area contributed by atoms with Crippen LogP contribution in [0.2, 0.25) is 0 Å². The molecule has 6 N–H and O–H groups in total. The minimum atomic E-state index is -0.786. The molecule has 2 aliphatic heterocycles. The maximum Gasteiger partial charge on any atom is 0.240 e. The Morgan fingerprint density at radius 1 is 1.18 bits per heavy atom. The van der Waals surface area contributed by atoms with Crippen molar-refractivity contribution in [1.82, 2.24) is 20.1 Å². The molecule has 4 rings (SSSR count). The molecule has 1 unspecified atom stereocenters. The summed E-state index contributed by atoms with van der Waals surface area (Å²) in [6, 6.07) is 6.74. The first-order valence-corrected chi connectivity index (χ1v) is 14.9. The number of aromatic nitrogens is 1. The van der Waals surface area contributed by atoms with Crippen molar-refractivity contribution in [1.29, 1.82) is 5.41 Å². The van der Waals surface area contributed by atoms with Gasteiger partial charge in [0, 0.05) is 32.1 Å². The van der Waals surface area contributed by atoms with Crippen molar-refractivity contribution in [3.8, 4) is 0 Å². The molecule has 216 valence electrons. The van der Waals surface area contributed by atoms with Gasteiger partial charge in [-0.25, -0.2) is 4.98 Å². The summed E-state index contributed by atoms with van der Waals surface area (Å²) in [4.78, 5) is 51.6. The molecule has 0 aliphatic carbocycles. The number of amidine groups is 1. The summed E-state index contributed by atoms with van der Waals surface area (Å²) < 4.78 is 0.903. The summed E-state index contributed by atoms with van der Waals surface area (Å²) >= 11 is 1.30. The minimum absolute atomic E-state index is 0.0183. The van der Waals surface area contributed by atoms with Crippen LogP contribution in [0.5, 0.6) is 0 Å².